The van der Waals surface area contributed by atoms with Gasteiger partial charge in [0.2, 0.25) is 0 Å². The molecule has 27 heavy (non-hydrogen) atoms. The first-order valence-corrected chi connectivity index (χ1v) is 9.67. The van der Waals surface area contributed by atoms with E-state index >= 15 is 0 Å². The monoisotopic (exact) mass is 435 g/mol. The number of piperidine rings is 1. The van der Waals surface area contributed by atoms with Gasteiger partial charge in [0.1, 0.15) is 5.82 Å². The third kappa shape index (κ3) is 3.55. The van der Waals surface area contributed by atoms with Gasteiger partial charge in [0.25, 0.3) is 5.91 Å². The molecule has 0 radical (unpaired) electrons. The molecule has 4 rings (SSSR count). The molecule has 2 saturated heterocycles. The number of aromatic nitrogens is 2. The molecule has 1 aromatic heterocycles. The zero-order chi connectivity index (χ0) is 19.0. The van der Waals surface area contributed by atoms with Gasteiger partial charge in [0.15, 0.2) is 5.69 Å². The molecule has 1 unspecified atom stereocenters. The maximum Gasteiger partial charge on any atom is 0.317 e. The van der Waals surface area contributed by atoms with Gasteiger partial charge in [0.05, 0.1) is 16.2 Å². The molecule has 1 aromatic carbocycles. The molecule has 2 aromatic rings. The van der Waals surface area contributed by atoms with E-state index in [-0.39, 0.29) is 23.8 Å². The summed E-state index contributed by atoms with van der Waals surface area (Å²) in [6.07, 6.45) is 3.43. The predicted octanol–water partition coefficient (Wildman–Crippen LogP) is 2.40. The van der Waals surface area contributed by atoms with Gasteiger partial charge in [0, 0.05) is 32.4 Å². The molecule has 3 amide bonds. The van der Waals surface area contributed by atoms with Crippen LogP contribution in [0, 0.1) is 5.82 Å². The van der Waals surface area contributed by atoms with Crippen molar-refractivity contribution in [1.82, 2.24) is 24.9 Å². The third-order valence-electron chi connectivity index (χ3n) is 4.98. The van der Waals surface area contributed by atoms with Gasteiger partial charge in [-0.15, -0.1) is 0 Å². The van der Waals surface area contributed by atoms with Gasteiger partial charge >= 0.3 is 6.03 Å². The molecule has 142 valence electrons. The van der Waals surface area contributed by atoms with E-state index in [0.29, 0.717) is 42.0 Å². The van der Waals surface area contributed by atoms with Crippen molar-refractivity contribution in [2.24, 2.45) is 0 Å². The molecule has 0 aliphatic carbocycles. The number of rotatable bonds is 3. The Bertz CT molecular complexity index is 869. The van der Waals surface area contributed by atoms with E-state index in [1.807, 2.05) is 4.90 Å². The molecule has 9 heteroatoms. The lowest BCUT2D eigenvalue weighted by molar-refractivity contribution is 0.0627. The van der Waals surface area contributed by atoms with Crippen LogP contribution in [0.5, 0.6) is 0 Å². The largest absolute Gasteiger partial charge is 0.336 e. The molecule has 1 atom stereocenters. The molecule has 0 saturated carbocycles. The Labute approximate surface area is 164 Å². The van der Waals surface area contributed by atoms with Gasteiger partial charge in [-0.3, -0.25) is 4.79 Å². The minimum absolute atomic E-state index is 0.0307. The van der Waals surface area contributed by atoms with E-state index < -0.39 is 0 Å². The van der Waals surface area contributed by atoms with Crippen molar-refractivity contribution >= 4 is 27.9 Å². The first-order chi connectivity index (χ1) is 13.0. The SMILES string of the molecule is O=C(c1nn(-c2ccc(F)cc2)cc1Br)N1CCCC(N2CCNC2=O)C1. The Hall–Kier alpha value is -2.42. The summed E-state index contributed by atoms with van der Waals surface area (Å²) in [5.74, 6) is -0.501. The fourth-order valence-electron chi connectivity index (χ4n) is 3.60. The molecular formula is C18H19BrFN5O2. The van der Waals surface area contributed by atoms with Crippen LogP contribution in [-0.2, 0) is 0 Å². The second kappa shape index (κ2) is 7.30. The summed E-state index contributed by atoms with van der Waals surface area (Å²) in [6.45, 7) is 2.47. The highest BCUT2D eigenvalue weighted by molar-refractivity contribution is 9.10. The van der Waals surface area contributed by atoms with Crippen LogP contribution in [0.25, 0.3) is 5.69 Å². The molecular weight excluding hydrogens is 417 g/mol. The molecule has 0 spiro atoms. The first kappa shape index (κ1) is 18.0. The number of hydrogen-bond donors (Lipinski definition) is 1. The molecule has 3 heterocycles. The zero-order valence-electron chi connectivity index (χ0n) is 14.6. The van der Waals surface area contributed by atoms with Crippen molar-refractivity contribution in [3.8, 4) is 5.69 Å². The summed E-state index contributed by atoms with van der Waals surface area (Å²) in [7, 11) is 0. The Morgan fingerprint density at radius 3 is 2.74 bits per heavy atom. The van der Waals surface area contributed by atoms with E-state index in [1.165, 1.54) is 12.1 Å². The van der Waals surface area contributed by atoms with E-state index in [4.69, 9.17) is 0 Å². The highest BCUT2D eigenvalue weighted by atomic mass is 79.9. The number of hydrogen-bond acceptors (Lipinski definition) is 3. The number of nitrogens with zero attached hydrogens (tertiary/aromatic N) is 4. The van der Waals surface area contributed by atoms with E-state index in [0.717, 1.165) is 12.8 Å². The summed E-state index contributed by atoms with van der Waals surface area (Å²) in [5.41, 5.74) is 0.979. The van der Waals surface area contributed by atoms with E-state index in [2.05, 4.69) is 26.3 Å². The van der Waals surface area contributed by atoms with Crippen molar-refractivity contribution < 1.29 is 14.0 Å². The summed E-state index contributed by atoms with van der Waals surface area (Å²) in [4.78, 5) is 28.5. The molecule has 7 nitrogen and oxygen atoms in total. The second-order valence-electron chi connectivity index (χ2n) is 6.72. The van der Waals surface area contributed by atoms with Crippen molar-refractivity contribution in [2.45, 2.75) is 18.9 Å². The predicted molar refractivity (Wildman–Crippen MR) is 100 cm³/mol. The summed E-state index contributed by atoms with van der Waals surface area (Å²) in [6, 6.07) is 5.88. The molecule has 2 fully saturated rings. The summed E-state index contributed by atoms with van der Waals surface area (Å²) in [5, 5.41) is 7.20. The van der Waals surface area contributed by atoms with E-state index in [9.17, 15) is 14.0 Å². The number of halogens is 2. The minimum atomic E-state index is -0.327. The number of carbonyl (C=O) groups excluding carboxylic acids is 2. The lowest BCUT2D eigenvalue weighted by atomic mass is 10.0. The van der Waals surface area contributed by atoms with Crippen molar-refractivity contribution in [3.63, 3.8) is 0 Å². The number of carbonyl (C=O) groups is 2. The molecule has 2 aliphatic rings. The van der Waals surface area contributed by atoms with Crippen LogP contribution in [0.1, 0.15) is 23.3 Å². The standard InChI is InChI=1S/C18H19BrFN5O2/c19-15-11-25(13-5-3-12(20)4-6-13)22-16(15)17(26)23-8-1-2-14(10-23)24-9-7-21-18(24)27/h3-6,11,14H,1-2,7-10H2,(H,21,27). The quantitative estimate of drug-likeness (QED) is 0.804. The summed E-state index contributed by atoms with van der Waals surface area (Å²) < 4.78 is 15.2. The summed E-state index contributed by atoms with van der Waals surface area (Å²) >= 11 is 3.41. The normalized spacial score (nSPS) is 20.1. The maximum atomic E-state index is 13.1. The smallest absolute Gasteiger partial charge is 0.317 e. The zero-order valence-corrected chi connectivity index (χ0v) is 16.2. The van der Waals surface area contributed by atoms with Crippen LogP contribution in [-0.4, -0.2) is 63.7 Å². The average molecular weight is 436 g/mol. The highest BCUT2D eigenvalue weighted by Gasteiger charge is 2.34. The van der Waals surface area contributed by atoms with Crippen LogP contribution in [0.3, 0.4) is 0 Å². The Balaban J connectivity index is 1.52. The molecule has 2 aliphatic heterocycles. The van der Waals surface area contributed by atoms with Crippen LogP contribution in [0.4, 0.5) is 9.18 Å². The number of amides is 3. The first-order valence-electron chi connectivity index (χ1n) is 8.88. The highest BCUT2D eigenvalue weighted by Crippen LogP contribution is 2.23. The fourth-order valence-corrected chi connectivity index (χ4v) is 4.04. The lowest BCUT2D eigenvalue weighted by Crippen LogP contribution is -2.50. The van der Waals surface area contributed by atoms with Gasteiger partial charge < -0.3 is 15.1 Å². The van der Waals surface area contributed by atoms with Gasteiger partial charge in [-0.2, -0.15) is 5.10 Å². The van der Waals surface area contributed by atoms with Crippen molar-refractivity contribution in [1.29, 1.82) is 0 Å². The topological polar surface area (TPSA) is 70.5 Å². The van der Waals surface area contributed by atoms with Gasteiger partial charge in [-0.25, -0.2) is 13.9 Å². The maximum absolute atomic E-state index is 13.1. The minimum Gasteiger partial charge on any atom is -0.336 e. The Kier molecular flexibility index (Phi) is 4.86. The molecule has 1 N–H and O–H groups in total. The number of likely N-dealkylation sites (tertiary alicyclic amines) is 1. The number of urea groups is 1. The van der Waals surface area contributed by atoms with Crippen LogP contribution in [0.2, 0.25) is 0 Å². The number of nitrogens with one attached hydrogen (secondary N) is 1. The van der Waals surface area contributed by atoms with Crippen molar-refractivity contribution in [2.75, 3.05) is 26.2 Å². The van der Waals surface area contributed by atoms with E-state index in [1.54, 1.807) is 27.9 Å². The number of benzene rings is 1. The Morgan fingerprint density at radius 1 is 1.26 bits per heavy atom. The molecule has 0 bridgehead atoms. The Morgan fingerprint density at radius 2 is 2.04 bits per heavy atom. The van der Waals surface area contributed by atoms with Crippen LogP contribution >= 0.6 is 15.9 Å². The average Bonchev–Trinajstić information content (AvgIpc) is 3.27. The van der Waals surface area contributed by atoms with Crippen LogP contribution < -0.4 is 5.32 Å². The van der Waals surface area contributed by atoms with Gasteiger partial charge in [-0.1, -0.05) is 0 Å². The van der Waals surface area contributed by atoms with Crippen molar-refractivity contribution in [3.05, 3.63) is 46.4 Å². The third-order valence-corrected chi connectivity index (χ3v) is 5.56. The fraction of sp³-hybridized carbons (Fsp3) is 0.389. The van der Waals surface area contributed by atoms with Crippen LogP contribution in [0.15, 0.2) is 34.9 Å². The lowest BCUT2D eigenvalue weighted by Gasteiger charge is -2.36. The second-order valence-corrected chi connectivity index (χ2v) is 7.57. The van der Waals surface area contributed by atoms with Gasteiger partial charge in [-0.05, 0) is 53.0 Å².